The Labute approximate surface area is 412 Å². The minimum atomic E-state index is -0.659. The fourth-order valence-corrected chi connectivity index (χ4v) is 11.7. The topological polar surface area (TPSA) is 123 Å². The molecule has 0 radical (unpaired) electrons. The van der Waals surface area contributed by atoms with Gasteiger partial charge in [-0.05, 0) is 114 Å². The second-order valence-corrected chi connectivity index (χ2v) is 19.8. The molecule has 2 spiro atoms. The van der Waals surface area contributed by atoms with Gasteiger partial charge in [-0.1, -0.05) is 21.3 Å². The molecule has 9 heterocycles. The van der Waals surface area contributed by atoms with Crippen molar-refractivity contribution in [3.8, 4) is 28.1 Å². The average molecular weight is 970 g/mol. The van der Waals surface area contributed by atoms with Crippen LogP contribution in [-0.2, 0) is 29.9 Å². The van der Waals surface area contributed by atoms with Crippen molar-refractivity contribution < 1.29 is 37.0 Å². The maximum Gasteiger partial charge on any atom is 0.238 e. The molecule has 6 aromatic rings. The van der Waals surface area contributed by atoms with E-state index in [1.807, 2.05) is 28.0 Å². The van der Waals surface area contributed by atoms with Gasteiger partial charge in [0.25, 0.3) is 0 Å². The lowest BCUT2D eigenvalue weighted by Gasteiger charge is -2.33. The monoisotopic (exact) mass is 969 g/mol. The highest BCUT2D eigenvalue weighted by Crippen LogP contribution is 2.55. The molecule has 2 aromatic carbocycles. The zero-order chi connectivity index (χ0) is 46.9. The Bertz CT molecular complexity index is 2970. The van der Waals surface area contributed by atoms with E-state index in [4.69, 9.17) is 14.2 Å². The molecule has 0 atom stereocenters. The van der Waals surface area contributed by atoms with Gasteiger partial charge in [-0.25, -0.2) is 18.7 Å². The van der Waals surface area contributed by atoms with Crippen LogP contribution in [0.25, 0.3) is 44.1 Å². The number of rotatable bonds is 9. The summed E-state index contributed by atoms with van der Waals surface area (Å²) in [6.07, 6.45) is 17.9. The van der Waals surface area contributed by atoms with Gasteiger partial charge in [0.1, 0.15) is 11.6 Å². The Morgan fingerprint density at radius 2 is 1.10 bits per heavy atom. The third-order valence-corrected chi connectivity index (χ3v) is 15.5. The summed E-state index contributed by atoms with van der Waals surface area (Å²) in [7, 11) is 0. The van der Waals surface area contributed by atoms with E-state index >= 15 is 4.39 Å². The van der Waals surface area contributed by atoms with Crippen molar-refractivity contribution in [3.63, 3.8) is 0 Å². The number of ether oxygens (including phenoxy) is 3. The first-order chi connectivity index (χ1) is 33.7. The SMILES string of the molecule is C.C.O=C1N(C2CC2)c2cnc3cc(F)c(-c4ccc(F)nc4)cc3c2C12CCOCC2.O=C1N(C2CC2)c2cnc3cc(F)c(-c4ccc(OCCCN5CCCCC5)nc4)cc3c2C12CCOCC2. The van der Waals surface area contributed by atoms with Crippen molar-refractivity contribution in [3.05, 3.63) is 102 Å². The molecule has 5 aliphatic heterocycles. The molecule has 12 nitrogen and oxygen atoms in total. The normalized spacial score (nSPS) is 20.1. The number of hydrogen-bond donors (Lipinski definition) is 0. The molecule has 7 aliphatic rings. The second kappa shape index (κ2) is 19.5. The van der Waals surface area contributed by atoms with Gasteiger partial charge in [0.15, 0.2) is 0 Å². The predicted octanol–water partition coefficient (Wildman–Crippen LogP) is 10.7. The number of carbonyl (C=O) groups excluding carboxylic acids is 2. The maximum absolute atomic E-state index is 15.4. The number of carbonyl (C=O) groups is 2. The van der Waals surface area contributed by atoms with Crippen LogP contribution in [0.1, 0.15) is 103 Å². The Kier molecular flexibility index (Phi) is 13.4. The van der Waals surface area contributed by atoms with E-state index in [-0.39, 0.29) is 44.6 Å². The summed E-state index contributed by atoms with van der Waals surface area (Å²) in [5.41, 5.74) is 5.41. The van der Waals surface area contributed by atoms with Gasteiger partial charge in [-0.2, -0.15) is 4.39 Å². The van der Waals surface area contributed by atoms with Crippen molar-refractivity contribution in [1.29, 1.82) is 0 Å². The Hall–Kier alpha value is -6.03. The van der Waals surface area contributed by atoms with Crippen molar-refractivity contribution in [1.82, 2.24) is 24.8 Å². The summed E-state index contributed by atoms with van der Waals surface area (Å²) in [6.45, 7) is 6.16. The number of benzene rings is 2. The second-order valence-electron chi connectivity index (χ2n) is 19.8. The van der Waals surface area contributed by atoms with Gasteiger partial charge in [0.2, 0.25) is 23.6 Å². The largest absolute Gasteiger partial charge is 0.478 e. The Morgan fingerprint density at radius 1 is 0.606 bits per heavy atom. The van der Waals surface area contributed by atoms with Crippen LogP contribution in [0.3, 0.4) is 0 Å². The number of aromatic nitrogens is 4. The van der Waals surface area contributed by atoms with E-state index in [1.54, 1.807) is 24.7 Å². The van der Waals surface area contributed by atoms with Crippen LogP contribution >= 0.6 is 0 Å². The molecule has 0 unspecified atom stereocenters. The molecule has 4 aromatic heterocycles. The van der Waals surface area contributed by atoms with Gasteiger partial charge in [-0.15, -0.1) is 0 Å². The molecule has 3 saturated heterocycles. The van der Waals surface area contributed by atoms with Crippen LogP contribution in [0.15, 0.2) is 73.3 Å². The number of fused-ring (bicyclic) bond motifs is 8. The van der Waals surface area contributed by atoms with E-state index < -0.39 is 22.6 Å². The van der Waals surface area contributed by atoms with Crippen molar-refractivity contribution in [2.24, 2.45) is 0 Å². The lowest BCUT2D eigenvalue weighted by atomic mass is 9.74. The first-order valence-corrected chi connectivity index (χ1v) is 24.7. The van der Waals surface area contributed by atoms with E-state index in [9.17, 15) is 18.4 Å². The van der Waals surface area contributed by atoms with E-state index in [2.05, 4.69) is 24.8 Å². The number of anilines is 2. The zero-order valence-corrected chi connectivity index (χ0v) is 38.5. The van der Waals surface area contributed by atoms with Crippen LogP contribution in [0.2, 0.25) is 0 Å². The molecule has 0 bridgehead atoms. The zero-order valence-electron chi connectivity index (χ0n) is 38.5. The lowest BCUT2D eigenvalue weighted by molar-refractivity contribution is -0.127. The van der Waals surface area contributed by atoms with Crippen LogP contribution < -0.4 is 14.5 Å². The highest BCUT2D eigenvalue weighted by atomic mass is 19.1. The minimum Gasteiger partial charge on any atom is -0.478 e. The third kappa shape index (κ3) is 8.60. The molecular weight excluding hydrogens is 908 g/mol. The molecule has 2 amide bonds. The summed E-state index contributed by atoms with van der Waals surface area (Å²) in [6, 6.07) is 13.4. The van der Waals surface area contributed by atoms with Crippen molar-refractivity contribution in [2.75, 3.05) is 62.5 Å². The van der Waals surface area contributed by atoms with Crippen LogP contribution in [-0.4, -0.2) is 101 Å². The maximum atomic E-state index is 15.4. The molecule has 71 heavy (non-hydrogen) atoms. The minimum absolute atomic E-state index is 0. The van der Waals surface area contributed by atoms with E-state index in [0.29, 0.717) is 97.9 Å². The number of halogens is 3. The quantitative estimate of drug-likeness (QED) is 0.102. The predicted molar refractivity (Wildman–Crippen MR) is 268 cm³/mol. The Morgan fingerprint density at radius 3 is 1.55 bits per heavy atom. The lowest BCUT2D eigenvalue weighted by Crippen LogP contribution is -2.44. The fourth-order valence-electron chi connectivity index (χ4n) is 11.7. The van der Waals surface area contributed by atoms with Crippen LogP contribution in [0.4, 0.5) is 24.5 Å². The number of pyridine rings is 4. The first-order valence-electron chi connectivity index (χ1n) is 24.7. The Balaban J connectivity index is 0.000000164. The first kappa shape index (κ1) is 48.6. The third-order valence-electron chi connectivity index (χ3n) is 15.5. The molecule has 13 rings (SSSR count). The summed E-state index contributed by atoms with van der Waals surface area (Å²) < 4.78 is 60.7. The number of hydrogen-bond acceptors (Lipinski definition) is 10. The molecule has 372 valence electrons. The van der Waals surface area contributed by atoms with Crippen LogP contribution in [0.5, 0.6) is 5.88 Å². The molecule has 15 heteroatoms. The fraction of sp³-hybridized carbons (Fsp3) is 0.464. The summed E-state index contributed by atoms with van der Waals surface area (Å²) in [4.78, 5) is 51.1. The van der Waals surface area contributed by atoms with Gasteiger partial charge in [0.05, 0.1) is 52.2 Å². The van der Waals surface area contributed by atoms with Gasteiger partial charge in [-0.3, -0.25) is 19.6 Å². The molecule has 5 fully saturated rings. The highest BCUT2D eigenvalue weighted by molar-refractivity contribution is 6.14. The number of likely N-dealkylation sites (tertiary alicyclic amines) is 1. The average Bonchev–Trinajstić information content (AvgIpc) is 4.34. The summed E-state index contributed by atoms with van der Waals surface area (Å²) >= 11 is 0. The molecule has 0 N–H and O–H groups in total. The highest BCUT2D eigenvalue weighted by Gasteiger charge is 2.57. The van der Waals surface area contributed by atoms with Gasteiger partial charge >= 0.3 is 0 Å². The summed E-state index contributed by atoms with van der Waals surface area (Å²) in [5, 5.41) is 1.62. The van der Waals surface area contributed by atoms with Gasteiger partial charge in [0, 0.05) is 120 Å². The van der Waals surface area contributed by atoms with E-state index in [0.717, 1.165) is 71.9 Å². The smallest absolute Gasteiger partial charge is 0.238 e. The van der Waals surface area contributed by atoms with Crippen molar-refractivity contribution >= 4 is 45.0 Å². The van der Waals surface area contributed by atoms with Crippen molar-refractivity contribution in [2.45, 2.75) is 115 Å². The number of nitrogens with zero attached hydrogens (tertiary/aromatic N) is 7. The molecule has 2 aliphatic carbocycles. The number of piperidine rings is 1. The number of amides is 2. The molecule has 2 saturated carbocycles. The summed E-state index contributed by atoms with van der Waals surface area (Å²) in [5.74, 6) is -0.592. The molecular formula is C56H62F3N7O5. The van der Waals surface area contributed by atoms with E-state index in [1.165, 1.54) is 62.8 Å². The van der Waals surface area contributed by atoms with Gasteiger partial charge < -0.3 is 28.9 Å². The standard InChI is InChI=1S/C31H35FN4O3.C23H19F2N3O2.2CH4/c32-25-18-26-24(29-27(20-33-26)36(22-6-7-22)30(37)31(29)9-15-38-16-10-31)17-23(25)21-5-8-28(34-19-21)39-14-4-13-35-11-2-1-3-12-35;24-17-10-18-16(9-15(17)13-1-4-20(25)27-11-13)21-19(12-26-18)28(14-2-3-14)22(29)23(21)5-7-30-8-6-23;;/h5,8,17-20,22H,1-4,6-7,9-16H2;1,4,9-12,14H,2-3,5-8H2;2*1H4. The van der Waals surface area contributed by atoms with Crippen LogP contribution in [0, 0.1) is 17.6 Å².